The molecule has 68 valence electrons. The van der Waals surface area contributed by atoms with E-state index in [-0.39, 0.29) is 0 Å². The second-order valence-electron chi connectivity index (χ2n) is 2.24. The largest absolute Gasteiger partial charge is 0.441 e. The highest BCUT2D eigenvalue weighted by atomic mass is 79.9. The predicted octanol–water partition coefficient (Wildman–Crippen LogP) is 3.30. The average molecular weight is 280 g/mol. The van der Waals surface area contributed by atoms with Crippen molar-refractivity contribution in [2.75, 3.05) is 0 Å². The van der Waals surface area contributed by atoms with Gasteiger partial charge in [-0.05, 0) is 15.9 Å². The van der Waals surface area contributed by atoms with Crippen LogP contribution in [0.4, 0.5) is 0 Å². The number of alkyl halides is 1. The smallest absolute Gasteiger partial charge is 0.181 e. The normalized spacial score (nSPS) is 10.6. The highest BCUT2D eigenvalue weighted by Crippen LogP contribution is 2.32. The zero-order valence-electron chi connectivity index (χ0n) is 6.33. The Balaban J connectivity index is 2.52. The Morgan fingerprint density at radius 1 is 1.54 bits per heavy atom. The molecule has 0 N–H and O–H groups in total. The van der Waals surface area contributed by atoms with Crippen LogP contribution in [0, 0.1) is 0 Å². The molecule has 2 heterocycles. The Kier molecular flexibility index (Phi) is 2.66. The van der Waals surface area contributed by atoms with E-state index in [9.17, 15) is 0 Å². The van der Waals surface area contributed by atoms with Gasteiger partial charge < -0.3 is 4.42 Å². The summed E-state index contributed by atoms with van der Waals surface area (Å²) < 4.78 is 6.13. The Bertz CT molecular complexity index is 414. The summed E-state index contributed by atoms with van der Waals surface area (Å²) in [7, 11) is 0. The highest BCUT2D eigenvalue weighted by molar-refractivity contribution is 9.11. The molecule has 0 saturated heterocycles. The number of nitrogens with zero attached hydrogens (tertiary/aromatic N) is 2. The van der Waals surface area contributed by atoms with Crippen LogP contribution in [0.25, 0.3) is 11.5 Å². The molecule has 0 saturated carbocycles. The van der Waals surface area contributed by atoms with Gasteiger partial charge in [0.25, 0.3) is 0 Å². The number of hydrogen-bond acceptors (Lipinski definition) is 4. The summed E-state index contributed by atoms with van der Waals surface area (Å²) in [5.74, 6) is 0.971. The summed E-state index contributed by atoms with van der Waals surface area (Å²) >= 11 is 10.6. The average Bonchev–Trinajstić information content (AvgIpc) is 2.71. The molecule has 0 amide bonds. The highest BCUT2D eigenvalue weighted by Gasteiger charge is 2.14. The first-order valence-corrected chi connectivity index (χ1v) is 5.61. The Morgan fingerprint density at radius 3 is 3.00 bits per heavy atom. The summed E-state index contributed by atoms with van der Waals surface area (Å²) in [6.45, 7) is 0. The number of halogens is 2. The third-order valence-electron chi connectivity index (χ3n) is 1.51. The van der Waals surface area contributed by atoms with Crippen LogP contribution in [0.15, 0.2) is 20.1 Å². The lowest BCUT2D eigenvalue weighted by Crippen LogP contribution is -1.83. The molecule has 0 aromatic carbocycles. The van der Waals surface area contributed by atoms with Gasteiger partial charge in [-0.1, -0.05) is 0 Å². The predicted molar refractivity (Wildman–Crippen MR) is 54.9 cm³/mol. The van der Waals surface area contributed by atoms with Gasteiger partial charge >= 0.3 is 0 Å². The molecule has 0 unspecified atom stereocenters. The van der Waals surface area contributed by atoms with Gasteiger partial charge in [0.05, 0.1) is 11.4 Å². The van der Waals surface area contributed by atoms with E-state index in [0.717, 1.165) is 9.48 Å². The van der Waals surface area contributed by atoms with E-state index in [1.165, 1.54) is 17.7 Å². The third kappa shape index (κ3) is 1.63. The standard InChI is InChI=1S/C7H4BrClN2OS/c8-7-5(11-3-13-7)6-4(1-9)10-2-12-6/h2-3H,1H2. The van der Waals surface area contributed by atoms with E-state index in [1.807, 2.05) is 0 Å². The SMILES string of the molecule is ClCc1ncoc1-c1ncsc1Br. The van der Waals surface area contributed by atoms with Crippen LogP contribution in [0.1, 0.15) is 5.69 Å². The van der Waals surface area contributed by atoms with Crippen molar-refractivity contribution in [3.05, 3.63) is 21.4 Å². The summed E-state index contributed by atoms with van der Waals surface area (Å²) in [5, 5.41) is 0. The van der Waals surface area contributed by atoms with E-state index >= 15 is 0 Å². The molecular weight excluding hydrogens is 276 g/mol. The van der Waals surface area contributed by atoms with Gasteiger partial charge in [0, 0.05) is 0 Å². The van der Waals surface area contributed by atoms with Crippen molar-refractivity contribution in [2.45, 2.75) is 5.88 Å². The molecule has 0 aliphatic rings. The molecule has 0 aliphatic carbocycles. The first kappa shape index (κ1) is 9.18. The van der Waals surface area contributed by atoms with Gasteiger partial charge in [-0.15, -0.1) is 22.9 Å². The fraction of sp³-hybridized carbons (Fsp3) is 0.143. The molecule has 0 aliphatic heterocycles. The maximum Gasteiger partial charge on any atom is 0.181 e. The lowest BCUT2D eigenvalue weighted by Gasteiger charge is -1.93. The lowest BCUT2D eigenvalue weighted by molar-refractivity contribution is 0.569. The molecule has 3 nitrogen and oxygen atoms in total. The fourth-order valence-electron chi connectivity index (χ4n) is 0.937. The number of thiazole rings is 1. The lowest BCUT2D eigenvalue weighted by atomic mass is 10.3. The van der Waals surface area contributed by atoms with Crippen LogP contribution < -0.4 is 0 Å². The molecule has 0 atom stereocenters. The molecule has 0 spiro atoms. The van der Waals surface area contributed by atoms with Crippen molar-refractivity contribution in [3.8, 4) is 11.5 Å². The first-order chi connectivity index (χ1) is 6.33. The van der Waals surface area contributed by atoms with Crippen LogP contribution >= 0.6 is 38.9 Å². The molecular formula is C7H4BrClN2OS. The van der Waals surface area contributed by atoms with Crippen molar-refractivity contribution in [2.24, 2.45) is 0 Å². The second-order valence-corrected chi connectivity index (χ2v) is 4.68. The van der Waals surface area contributed by atoms with Gasteiger partial charge in [0.15, 0.2) is 12.2 Å². The quantitative estimate of drug-likeness (QED) is 0.792. The molecule has 0 fully saturated rings. The van der Waals surface area contributed by atoms with Crippen molar-refractivity contribution >= 4 is 38.9 Å². The Hall–Kier alpha value is -0.390. The number of hydrogen-bond donors (Lipinski definition) is 0. The maximum absolute atomic E-state index is 5.68. The van der Waals surface area contributed by atoms with E-state index in [0.29, 0.717) is 17.3 Å². The van der Waals surface area contributed by atoms with Gasteiger partial charge in [0.2, 0.25) is 0 Å². The summed E-state index contributed by atoms with van der Waals surface area (Å²) in [6.07, 6.45) is 1.37. The van der Waals surface area contributed by atoms with Crippen molar-refractivity contribution in [3.63, 3.8) is 0 Å². The van der Waals surface area contributed by atoms with Crippen LogP contribution in [-0.2, 0) is 5.88 Å². The van der Waals surface area contributed by atoms with Gasteiger partial charge in [0.1, 0.15) is 15.2 Å². The van der Waals surface area contributed by atoms with Crippen LogP contribution in [0.2, 0.25) is 0 Å². The van der Waals surface area contributed by atoms with Crippen molar-refractivity contribution in [1.29, 1.82) is 0 Å². The summed E-state index contributed by atoms with van der Waals surface area (Å²) in [6, 6.07) is 0. The Morgan fingerprint density at radius 2 is 2.38 bits per heavy atom. The van der Waals surface area contributed by atoms with E-state index in [4.69, 9.17) is 16.0 Å². The first-order valence-electron chi connectivity index (χ1n) is 3.40. The third-order valence-corrected chi connectivity index (χ3v) is 3.31. The monoisotopic (exact) mass is 278 g/mol. The van der Waals surface area contributed by atoms with Crippen molar-refractivity contribution in [1.82, 2.24) is 9.97 Å². The summed E-state index contributed by atoms with van der Waals surface area (Å²) in [5.41, 5.74) is 3.21. The van der Waals surface area contributed by atoms with Crippen LogP contribution in [0.5, 0.6) is 0 Å². The number of rotatable bonds is 2. The van der Waals surface area contributed by atoms with E-state index in [1.54, 1.807) is 5.51 Å². The molecule has 2 rings (SSSR count). The molecule has 13 heavy (non-hydrogen) atoms. The zero-order valence-corrected chi connectivity index (χ0v) is 9.49. The zero-order chi connectivity index (χ0) is 9.26. The van der Waals surface area contributed by atoms with Gasteiger partial charge in [-0.3, -0.25) is 0 Å². The van der Waals surface area contributed by atoms with Crippen molar-refractivity contribution < 1.29 is 4.42 Å². The van der Waals surface area contributed by atoms with Gasteiger partial charge in [-0.2, -0.15) is 0 Å². The van der Waals surface area contributed by atoms with E-state index in [2.05, 4.69) is 25.9 Å². The molecule has 2 aromatic heterocycles. The second kappa shape index (κ2) is 3.77. The fourth-order valence-corrected chi connectivity index (χ4v) is 2.17. The summed E-state index contributed by atoms with van der Waals surface area (Å²) in [4.78, 5) is 8.12. The van der Waals surface area contributed by atoms with Crippen LogP contribution in [0.3, 0.4) is 0 Å². The minimum atomic E-state index is 0.329. The number of aromatic nitrogens is 2. The van der Waals surface area contributed by atoms with Crippen LogP contribution in [-0.4, -0.2) is 9.97 Å². The molecule has 0 bridgehead atoms. The molecule has 2 aromatic rings. The Labute approximate surface area is 91.9 Å². The minimum Gasteiger partial charge on any atom is -0.441 e. The van der Waals surface area contributed by atoms with Gasteiger partial charge in [-0.25, -0.2) is 9.97 Å². The maximum atomic E-state index is 5.68. The molecule has 6 heteroatoms. The van der Waals surface area contributed by atoms with E-state index < -0.39 is 0 Å². The topological polar surface area (TPSA) is 38.9 Å². The molecule has 0 radical (unpaired) electrons. The minimum absolute atomic E-state index is 0.329. The number of oxazole rings is 1.